The number of thiol groups is 1. The summed E-state index contributed by atoms with van der Waals surface area (Å²) in [6.07, 6.45) is 0. The maximum absolute atomic E-state index is 10.5. The number of fused-ring (bicyclic) bond motifs is 1. The van der Waals surface area contributed by atoms with E-state index in [4.69, 9.17) is 0 Å². The first-order valence-electron chi connectivity index (χ1n) is 4.48. The monoisotopic (exact) mass is 220 g/mol. The minimum absolute atomic E-state index is 0.00258. The van der Waals surface area contributed by atoms with Gasteiger partial charge in [-0.25, -0.2) is 8.42 Å². The van der Waals surface area contributed by atoms with Crippen LogP contribution in [0.2, 0.25) is 0 Å². The van der Waals surface area contributed by atoms with Crippen LogP contribution in [-0.2, 0) is 16.5 Å². The third-order valence-corrected chi connectivity index (χ3v) is 2.68. The highest BCUT2D eigenvalue weighted by Crippen LogP contribution is 2.14. The molecule has 1 aromatic heterocycles. The maximum Gasteiger partial charge on any atom is 0.145 e. The van der Waals surface area contributed by atoms with E-state index in [2.05, 4.69) is 11.9 Å². The standard InChI is InChI=1S/C11H10NO2S/c1-8-2-5-11-9(6-8)3-4-10(12-11)7-15(13)14/h2-6,15H,1,7H2. The lowest BCUT2D eigenvalue weighted by atomic mass is 10.1. The Bertz CT molecular complexity index is 568. The summed E-state index contributed by atoms with van der Waals surface area (Å²) in [5.74, 6) is -0.00258. The average Bonchev–Trinajstić information content (AvgIpc) is 2.17. The van der Waals surface area contributed by atoms with Crippen LogP contribution in [0.5, 0.6) is 0 Å². The van der Waals surface area contributed by atoms with Gasteiger partial charge in [0, 0.05) is 5.39 Å². The van der Waals surface area contributed by atoms with E-state index in [-0.39, 0.29) is 5.75 Å². The van der Waals surface area contributed by atoms with Crippen LogP contribution in [0, 0.1) is 6.92 Å². The first-order valence-corrected chi connectivity index (χ1v) is 5.85. The molecule has 0 aliphatic carbocycles. The van der Waals surface area contributed by atoms with Crippen LogP contribution in [0.15, 0.2) is 30.3 Å². The van der Waals surface area contributed by atoms with Crippen LogP contribution in [0.1, 0.15) is 11.3 Å². The third-order valence-electron chi connectivity index (χ3n) is 2.10. The van der Waals surface area contributed by atoms with E-state index in [9.17, 15) is 8.42 Å². The molecule has 0 aliphatic rings. The fourth-order valence-corrected chi connectivity index (χ4v) is 1.88. The molecular formula is C11H10NO2S. The molecular weight excluding hydrogens is 210 g/mol. The second-order valence-corrected chi connectivity index (χ2v) is 4.30. The molecule has 0 unspecified atom stereocenters. The molecule has 1 aromatic carbocycles. The highest BCUT2D eigenvalue weighted by atomic mass is 32.2. The van der Waals surface area contributed by atoms with E-state index in [0.717, 1.165) is 16.5 Å². The fraction of sp³-hybridized carbons (Fsp3) is 0.0909. The molecule has 0 amide bonds. The van der Waals surface area contributed by atoms with Gasteiger partial charge < -0.3 is 0 Å². The third kappa shape index (κ3) is 2.33. The molecule has 15 heavy (non-hydrogen) atoms. The molecule has 0 fully saturated rings. The van der Waals surface area contributed by atoms with Gasteiger partial charge in [0.1, 0.15) is 10.7 Å². The first-order chi connectivity index (χ1) is 7.15. The molecule has 0 spiro atoms. The largest absolute Gasteiger partial charge is 0.252 e. The number of pyridine rings is 1. The molecule has 0 aliphatic heterocycles. The Morgan fingerprint density at radius 1 is 1.20 bits per heavy atom. The van der Waals surface area contributed by atoms with Gasteiger partial charge in [-0.1, -0.05) is 12.1 Å². The number of rotatable bonds is 2. The van der Waals surface area contributed by atoms with Gasteiger partial charge in [-0.05, 0) is 30.7 Å². The molecule has 3 nitrogen and oxygen atoms in total. The molecule has 2 rings (SSSR count). The summed E-state index contributed by atoms with van der Waals surface area (Å²) in [4.78, 5) is 4.24. The Hall–Kier alpha value is -1.42. The van der Waals surface area contributed by atoms with Gasteiger partial charge >= 0.3 is 0 Å². The Balaban J connectivity index is 2.52. The van der Waals surface area contributed by atoms with Crippen molar-refractivity contribution in [3.8, 4) is 0 Å². The van der Waals surface area contributed by atoms with Crippen molar-refractivity contribution >= 4 is 21.6 Å². The summed E-state index contributed by atoms with van der Waals surface area (Å²) >= 11 is 0. The van der Waals surface area contributed by atoms with E-state index in [1.807, 2.05) is 24.3 Å². The maximum atomic E-state index is 10.5. The van der Waals surface area contributed by atoms with Crippen molar-refractivity contribution in [2.45, 2.75) is 5.75 Å². The molecule has 1 heterocycles. The van der Waals surface area contributed by atoms with Crippen molar-refractivity contribution in [3.05, 3.63) is 48.5 Å². The Kier molecular flexibility index (Phi) is 2.68. The van der Waals surface area contributed by atoms with Gasteiger partial charge in [0.15, 0.2) is 0 Å². The molecule has 4 heteroatoms. The first kappa shape index (κ1) is 10.1. The van der Waals surface area contributed by atoms with Crippen molar-refractivity contribution in [3.63, 3.8) is 0 Å². The van der Waals surface area contributed by atoms with Gasteiger partial charge in [-0.2, -0.15) is 0 Å². The van der Waals surface area contributed by atoms with E-state index >= 15 is 0 Å². The highest BCUT2D eigenvalue weighted by molar-refractivity contribution is 7.71. The van der Waals surface area contributed by atoms with Crippen molar-refractivity contribution in [2.75, 3.05) is 0 Å². The topological polar surface area (TPSA) is 47.0 Å². The van der Waals surface area contributed by atoms with Gasteiger partial charge in [0.2, 0.25) is 0 Å². The van der Waals surface area contributed by atoms with Crippen LogP contribution in [0.4, 0.5) is 0 Å². The predicted octanol–water partition coefficient (Wildman–Crippen LogP) is 1.53. The fourth-order valence-electron chi connectivity index (χ4n) is 1.44. The van der Waals surface area contributed by atoms with Crippen LogP contribution in [-0.4, -0.2) is 13.4 Å². The van der Waals surface area contributed by atoms with Crippen LogP contribution in [0.3, 0.4) is 0 Å². The minimum atomic E-state index is -2.41. The van der Waals surface area contributed by atoms with Crippen molar-refractivity contribution in [1.29, 1.82) is 0 Å². The zero-order chi connectivity index (χ0) is 10.8. The summed E-state index contributed by atoms with van der Waals surface area (Å²) in [6.45, 7) is 3.82. The van der Waals surface area contributed by atoms with E-state index < -0.39 is 10.7 Å². The smallest absolute Gasteiger partial charge is 0.145 e. The second-order valence-electron chi connectivity index (χ2n) is 3.32. The average molecular weight is 220 g/mol. The van der Waals surface area contributed by atoms with E-state index in [0.29, 0.717) is 5.69 Å². The number of benzene rings is 1. The molecule has 77 valence electrons. The number of hydrogen-bond acceptors (Lipinski definition) is 3. The zero-order valence-corrected chi connectivity index (χ0v) is 8.91. The van der Waals surface area contributed by atoms with Gasteiger partial charge in [0.25, 0.3) is 0 Å². The van der Waals surface area contributed by atoms with Crippen LogP contribution < -0.4 is 0 Å². The number of aromatic nitrogens is 1. The quantitative estimate of drug-likeness (QED) is 0.781. The molecule has 0 bridgehead atoms. The molecule has 1 radical (unpaired) electrons. The summed E-state index contributed by atoms with van der Waals surface area (Å²) in [7, 11) is -2.41. The Labute approximate surface area is 89.7 Å². The van der Waals surface area contributed by atoms with Crippen molar-refractivity contribution in [1.82, 2.24) is 4.98 Å². The van der Waals surface area contributed by atoms with Gasteiger partial charge in [-0.3, -0.25) is 4.98 Å². The van der Waals surface area contributed by atoms with Crippen molar-refractivity contribution in [2.24, 2.45) is 0 Å². The molecule has 0 saturated heterocycles. The lowest BCUT2D eigenvalue weighted by molar-refractivity contribution is 0.613. The predicted molar refractivity (Wildman–Crippen MR) is 60.2 cm³/mol. The zero-order valence-electron chi connectivity index (χ0n) is 8.01. The lowest BCUT2D eigenvalue weighted by Crippen LogP contribution is -1.91. The number of hydrogen-bond donors (Lipinski definition) is 1. The van der Waals surface area contributed by atoms with Crippen molar-refractivity contribution < 1.29 is 8.42 Å². The van der Waals surface area contributed by atoms with Gasteiger partial charge in [-0.15, -0.1) is 0 Å². The normalized spacial score (nSPS) is 11.1. The molecule has 0 N–H and O–H groups in total. The lowest BCUT2D eigenvalue weighted by Gasteiger charge is -2.00. The van der Waals surface area contributed by atoms with Gasteiger partial charge in [0.05, 0.1) is 17.0 Å². The van der Waals surface area contributed by atoms with E-state index in [1.165, 1.54) is 0 Å². The summed E-state index contributed by atoms with van der Waals surface area (Å²) in [5, 5.41) is 0.979. The Morgan fingerprint density at radius 2 is 2.00 bits per heavy atom. The summed E-state index contributed by atoms with van der Waals surface area (Å²) in [6, 6.07) is 9.22. The SMILES string of the molecule is [CH2]c1ccc2nc(C[SH](=O)=O)ccc2c1. The Morgan fingerprint density at radius 3 is 2.73 bits per heavy atom. The van der Waals surface area contributed by atoms with Crippen LogP contribution >= 0.6 is 0 Å². The minimum Gasteiger partial charge on any atom is -0.252 e. The summed E-state index contributed by atoms with van der Waals surface area (Å²) < 4.78 is 21.1. The number of nitrogens with zero attached hydrogens (tertiary/aromatic N) is 1. The molecule has 0 atom stereocenters. The van der Waals surface area contributed by atoms with E-state index in [1.54, 1.807) is 6.07 Å². The highest BCUT2D eigenvalue weighted by Gasteiger charge is 1.99. The summed E-state index contributed by atoms with van der Waals surface area (Å²) in [5.41, 5.74) is 2.30. The molecule has 2 aromatic rings. The van der Waals surface area contributed by atoms with Crippen LogP contribution in [0.25, 0.3) is 10.9 Å². The second kappa shape index (κ2) is 3.98. The molecule has 0 saturated carbocycles.